The zero-order valence-corrected chi connectivity index (χ0v) is 21.3. The molecule has 0 amide bonds. The van der Waals surface area contributed by atoms with Crippen LogP contribution in [0.1, 0.15) is 13.8 Å². The number of hydrogen-bond acceptors (Lipinski definition) is 5. The van der Waals surface area contributed by atoms with E-state index in [-0.39, 0.29) is 4.90 Å². The van der Waals surface area contributed by atoms with Crippen molar-refractivity contribution >= 4 is 43.0 Å². The van der Waals surface area contributed by atoms with Crippen LogP contribution < -0.4 is 4.80 Å². The van der Waals surface area contributed by atoms with Crippen molar-refractivity contribution in [1.29, 1.82) is 0 Å². The second-order valence-corrected chi connectivity index (χ2v) is 11.7. The van der Waals surface area contributed by atoms with Gasteiger partial charge in [0.2, 0.25) is 10.0 Å². The van der Waals surface area contributed by atoms with E-state index in [1.165, 1.54) is 4.31 Å². The maximum absolute atomic E-state index is 12.9. The van der Waals surface area contributed by atoms with Crippen molar-refractivity contribution in [3.05, 3.63) is 63.2 Å². The smallest absolute Gasteiger partial charge is 0.243 e. The molecule has 9 heteroatoms. The Morgan fingerprint density at radius 2 is 1.72 bits per heavy atom. The van der Waals surface area contributed by atoms with Gasteiger partial charge in [0.05, 0.1) is 29.5 Å². The lowest BCUT2D eigenvalue weighted by Gasteiger charge is -2.26. The molecule has 2 aromatic carbocycles. The lowest BCUT2D eigenvalue weighted by Crippen LogP contribution is -2.40. The molecule has 0 spiro atoms. The van der Waals surface area contributed by atoms with E-state index < -0.39 is 10.0 Å². The van der Waals surface area contributed by atoms with Crippen molar-refractivity contribution in [3.63, 3.8) is 0 Å². The molecule has 0 atom stereocenters. The summed E-state index contributed by atoms with van der Waals surface area (Å²) in [4.78, 5) is 6.01. The fourth-order valence-electron chi connectivity index (χ4n) is 3.55. The molecule has 6 nitrogen and oxygen atoms in total. The molecule has 1 fully saturated rings. The van der Waals surface area contributed by atoms with Gasteiger partial charge in [0.1, 0.15) is 0 Å². The van der Waals surface area contributed by atoms with Crippen molar-refractivity contribution in [2.45, 2.75) is 25.3 Å². The van der Waals surface area contributed by atoms with E-state index in [1.807, 2.05) is 12.1 Å². The zero-order valence-electron chi connectivity index (χ0n) is 18.1. The molecule has 0 unspecified atom stereocenters. The number of sulfonamides is 1. The quantitative estimate of drug-likeness (QED) is 0.451. The fraction of sp³-hybridized carbons (Fsp3) is 0.348. The Morgan fingerprint density at radius 3 is 2.34 bits per heavy atom. The van der Waals surface area contributed by atoms with Crippen LogP contribution in [0.2, 0.25) is 0 Å². The third-order valence-electron chi connectivity index (χ3n) is 5.15. The maximum Gasteiger partial charge on any atom is 0.243 e. The molecule has 0 aliphatic carbocycles. The molecule has 1 saturated heterocycles. The Kier molecular flexibility index (Phi) is 7.31. The first-order valence-electron chi connectivity index (χ1n) is 10.5. The number of hydrogen-bond donors (Lipinski definition) is 0. The largest absolute Gasteiger partial charge is 0.379 e. The molecule has 2 heterocycles. The van der Waals surface area contributed by atoms with Crippen LogP contribution in [0.15, 0.2) is 68.3 Å². The lowest BCUT2D eigenvalue weighted by atomic mass is 10.1. The highest BCUT2D eigenvalue weighted by Crippen LogP contribution is 2.25. The number of ether oxygens (including phenoxy) is 1. The number of thiazole rings is 1. The minimum Gasteiger partial charge on any atom is -0.379 e. The van der Waals surface area contributed by atoms with Gasteiger partial charge in [0.15, 0.2) is 4.80 Å². The predicted molar refractivity (Wildman–Crippen MR) is 132 cm³/mol. The molecule has 0 radical (unpaired) electrons. The van der Waals surface area contributed by atoms with E-state index in [1.54, 1.807) is 35.6 Å². The average molecular weight is 537 g/mol. The molecule has 170 valence electrons. The topological polar surface area (TPSA) is 63.9 Å². The number of aromatic nitrogens is 1. The summed E-state index contributed by atoms with van der Waals surface area (Å²) in [6, 6.07) is 15.1. The standard InChI is InChI=1S/C23H26BrN3O3S2/c1-17(2)15-27-22(18-3-5-19(24)6-4-18)16-31-23(27)25-20-7-9-21(10-8-20)32(28,29)26-11-13-30-14-12-26/h3-10,16-17H,11-15H2,1-2H3. The van der Waals surface area contributed by atoms with Crippen LogP contribution in [0.5, 0.6) is 0 Å². The van der Waals surface area contributed by atoms with Crippen LogP contribution in [0, 0.1) is 5.92 Å². The van der Waals surface area contributed by atoms with Crippen LogP contribution >= 0.6 is 27.3 Å². The summed E-state index contributed by atoms with van der Waals surface area (Å²) in [5.41, 5.74) is 2.99. The van der Waals surface area contributed by atoms with E-state index in [4.69, 9.17) is 9.73 Å². The second-order valence-electron chi connectivity index (χ2n) is 8.04. The van der Waals surface area contributed by atoms with Gasteiger partial charge in [-0.25, -0.2) is 13.4 Å². The summed E-state index contributed by atoms with van der Waals surface area (Å²) in [6.07, 6.45) is 0. The highest BCUT2D eigenvalue weighted by Gasteiger charge is 2.26. The van der Waals surface area contributed by atoms with Crippen LogP contribution in [0.3, 0.4) is 0 Å². The van der Waals surface area contributed by atoms with Gasteiger partial charge in [-0.15, -0.1) is 11.3 Å². The van der Waals surface area contributed by atoms with Gasteiger partial charge in [0, 0.05) is 29.5 Å². The summed E-state index contributed by atoms with van der Waals surface area (Å²) in [7, 11) is -3.51. The highest BCUT2D eigenvalue weighted by atomic mass is 79.9. The van der Waals surface area contributed by atoms with E-state index in [2.05, 4.69) is 51.9 Å². The van der Waals surface area contributed by atoms with E-state index in [0.717, 1.165) is 32.8 Å². The van der Waals surface area contributed by atoms with Gasteiger partial charge in [0.25, 0.3) is 0 Å². The highest BCUT2D eigenvalue weighted by molar-refractivity contribution is 9.10. The van der Waals surface area contributed by atoms with Crippen molar-refractivity contribution in [2.75, 3.05) is 26.3 Å². The summed E-state index contributed by atoms with van der Waals surface area (Å²) < 4.78 is 35.7. The SMILES string of the molecule is CC(C)Cn1c(-c2ccc(Br)cc2)csc1=Nc1ccc(S(=O)(=O)N2CCOCC2)cc1. The molecule has 1 aliphatic heterocycles. The van der Waals surface area contributed by atoms with Gasteiger partial charge in [-0.2, -0.15) is 4.31 Å². The molecule has 4 rings (SSSR count). The Morgan fingerprint density at radius 1 is 1.06 bits per heavy atom. The van der Waals surface area contributed by atoms with E-state index in [9.17, 15) is 8.42 Å². The normalized spacial score (nSPS) is 16.1. The Labute approximate surface area is 201 Å². The summed E-state index contributed by atoms with van der Waals surface area (Å²) in [6.45, 7) is 6.85. The van der Waals surface area contributed by atoms with E-state index in [0.29, 0.717) is 32.2 Å². The number of benzene rings is 2. The zero-order chi connectivity index (χ0) is 22.7. The molecular weight excluding hydrogens is 510 g/mol. The monoisotopic (exact) mass is 535 g/mol. The third-order valence-corrected chi connectivity index (χ3v) is 8.46. The first-order chi connectivity index (χ1) is 15.3. The van der Waals surface area contributed by atoms with Crippen LogP contribution in [0.25, 0.3) is 11.3 Å². The molecule has 1 aromatic heterocycles. The molecule has 3 aromatic rings. The van der Waals surface area contributed by atoms with Crippen LogP contribution in [-0.2, 0) is 21.3 Å². The number of nitrogens with zero attached hydrogens (tertiary/aromatic N) is 3. The molecule has 1 aliphatic rings. The van der Waals surface area contributed by atoms with Gasteiger partial charge in [-0.3, -0.25) is 0 Å². The van der Waals surface area contributed by atoms with Gasteiger partial charge in [-0.1, -0.05) is 41.9 Å². The van der Waals surface area contributed by atoms with Crippen molar-refractivity contribution in [2.24, 2.45) is 10.9 Å². The minimum absolute atomic E-state index is 0.287. The fourth-order valence-corrected chi connectivity index (χ4v) is 6.16. The minimum atomic E-state index is -3.51. The van der Waals surface area contributed by atoms with Crippen molar-refractivity contribution in [1.82, 2.24) is 8.87 Å². The maximum atomic E-state index is 12.9. The molecule has 32 heavy (non-hydrogen) atoms. The van der Waals surface area contributed by atoms with Crippen LogP contribution in [0.4, 0.5) is 5.69 Å². The van der Waals surface area contributed by atoms with Crippen LogP contribution in [-0.4, -0.2) is 43.6 Å². The van der Waals surface area contributed by atoms with Crippen molar-refractivity contribution < 1.29 is 13.2 Å². The third kappa shape index (κ3) is 5.23. The van der Waals surface area contributed by atoms with Gasteiger partial charge >= 0.3 is 0 Å². The lowest BCUT2D eigenvalue weighted by molar-refractivity contribution is 0.0730. The van der Waals surface area contributed by atoms with E-state index >= 15 is 0 Å². The number of rotatable bonds is 6. The summed E-state index contributed by atoms with van der Waals surface area (Å²) in [5.74, 6) is 0.457. The number of morpholine rings is 1. The average Bonchev–Trinajstić information content (AvgIpc) is 3.16. The van der Waals surface area contributed by atoms with Gasteiger partial charge < -0.3 is 9.30 Å². The first-order valence-corrected chi connectivity index (χ1v) is 13.6. The molecule has 0 bridgehead atoms. The Balaban J connectivity index is 1.67. The first kappa shape index (κ1) is 23.4. The molecule has 0 N–H and O–H groups in total. The second kappa shape index (κ2) is 10.0. The molecule has 0 saturated carbocycles. The summed E-state index contributed by atoms with van der Waals surface area (Å²) in [5, 5.41) is 2.13. The van der Waals surface area contributed by atoms with Gasteiger partial charge in [-0.05, 0) is 47.9 Å². The summed E-state index contributed by atoms with van der Waals surface area (Å²) >= 11 is 5.09. The number of halogens is 1. The predicted octanol–water partition coefficient (Wildman–Crippen LogP) is 4.89. The Hall–Kier alpha value is -1.78. The molecular formula is C23H26BrN3O3S2. The van der Waals surface area contributed by atoms with Crippen molar-refractivity contribution in [3.8, 4) is 11.3 Å². The Bertz CT molecular complexity index is 1220.